The maximum Gasteiger partial charge on any atom is 0.234 e. The standard InChI is InChI=1S/C24H43NO6S/c1-3-5-9-12-19(26)15-16-21-20(22(27)18-23(21)28)13-10-7-8-11-14-24(29)25-32(30,31)17-6-4-2/h7,10,15-16,19-23,26-28H,3-6,8-9,11-14,17-18H2,1-2H3,(H,25,29)/b10-7+,16-15+/t19-,20+,21+,22-,23+/m0/s1. The number of nitrogens with one attached hydrogen (secondary N) is 1. The molecule has 5 atom stereocenters. The first-order chi connectivity index (χ1) is 15.2. The lowest BCUT2D eigenvalue weighted by Crippen LogP contribution is -2.32. The summed E-state index contributed by atoms with van der Waals surface area (Å²) in [6.07, 6.45) is 13.1. The molecule has 1 aliphatic carbocycles. The van der Waals surface area contributed by atoms with Crippen molar-refractivity contribution >= 4 is 15.9 Å². The molecule has 0 radical (unpaired) electrons. The molecule has 1 amide bonds. The molecule has 32 heavy (non-hydrogen) atoms. The summed E-state index contributed by atoms with van der Waals surface area (Å²) in [5.41, 5.74) is 0. The first-order valence-corrected chi connectivity index (χ1v) is 13.8. The Bertz CT molecular complexity index is 691. The van der Waals surface area contributed by atoms with Gasteiger partial charge in [0.25, 0.3) is 0 Å². The summed E-state index contributed by atoms with van der Waals surface area (Å²) in [5, 5.41) is 30.7. The van der Waals surface area contributed by atoms with Gasteiger partial charge in [-0.05, 0) is 38.0 Å². The zero-order chi connectivity index (χ0) is 24.0. The molecular weight excluding hydrogens is 430 g/mol. The van der Waals surface area contributed by atoms with Crippen LogP contribution in [0.2, 0.25) is 0 Å². The van der Waals surface area contributed by atoms with Gasteiger partial charge in [0.2, 0.25) is 15.9 Å². The summed E-state index contributed by atoms with van der Waals surface area (Å²) in [7, 11) is -3.53. The third kappa shape index (κ3) is 11.6. The zero-order valence-corrected chi connectivity index (χ0v) is 20.5. The Balaban J connectivity index is 2.40. The van der Waals surface area contributed by atoms with Crippen LogP contribution < -0.4 is 4.72 Å². The molecule has 1 aliphatic rings. The third-order valence-electron chi connectivity index (χ3n) is 5.96. The van der Waals surface area contributed by atoms with E-state index in [4.69, 9.17) is 0 Å². The largest absolute Gasteiger partial charge is 0.393 e. The molecule has 0 unspecified atom stereocenters. The number of aliphatic hydroxyl groups is 3. The van der Waals surface area contributed by atoms with Crippen molar-refractivity contribution in [3.8, 4) is 0 Å². The first kappa shape index (κ1) is 28.8. The number of hydrogen-bond donors (Lipinski definition) is 4. The minimum Gasteiger partial charge on any atom is -0.393 e. The third-order valence-corrected chi connectivity index (χ3v) is 7.33. The average molecular weight is 474 g/mol. The molecule has 186 valence electrons. The Morgan fingerprint density at radius 2 is 1.78 bits per heavy atom. The SMILES string of the molecule is CCCCC[C@H](O)/C=C/[C@@H]1[C@@H](C/C=C/CCCC(=O)NS(=O)(=O)CCCC)[C@@H](O)C[C@H]1O. The average Bonchev–Trinajstić information content (AvgIpc) is 2.99. The van der Waals surface area contributed by atoms with E-state index in [0.717, 1.165) is 25.7 Å². The van der Waals surface area contributed by atoms with E-state index >= 15 is 0 Å². The topological polar surface area (TPSA) is 124 Å². The predicted octanol–water partition coefficient (Wildman–Crippen LogP) is 3.20. The number of amides is 1. The molecule has 1 rings (SSSR count). The number of allylic oxidation sites excluding steroid dienone is 2. The van der Waals surface area contributed by atoms with Gasteiger partial charge in [0.15, 0.2) is 0 Å². The Kier molecular flexibility index (Phi) is 14.0. The van der Waals surface area contributed by atoms with Crippen LogP contribution in [-0.2, 0) is 14.8 Å². The van der Waals surface area contributed by atoms with Crippen LogP contribution in [0, 0.1) is 11.8 Å². The molecule has 7 nitrogen and oxygen atoms in total. The predicted molar refractivity (Wildman–Crippen MR) is 127 cm³/mol. The maximum atomic E-state index is 11.8. The summed E-state index contributed by atoms with van der Waals surface area (Å²) in [6.45, 7) is 4.01. The smallest absolute Gasteiger partial charge is 0.234 e. The molecule has 0 aliphatic heterocycles. The van der Waals surface area contributed by atoms with Crippen molar-refractivity contribution in [3.63, 3.8) is 0 Å². The van der Waals surface area contributed by atoms with E-state index in [2.05, 4.69) is 11.6 Å². The van der Waals surface area contributed by atoms with Crippen LogP contribution in [-0.4, -0.2) is 53.7 Å². The van der Waals surface area contributed by atoms with Crippen molar-refractivity contribution in [2.45, 2.75) is 103 Å². The molecule has 4 N–H and O–H groups in total. The lowest BCUT2D eigenvalue weighted by Gasteiger charge is -2.19. The van der Waals surface area contributed by atoms with E-state index < -0.39 is 34.2 Å². The van der Waals surface area contributed by atoms with E-state index in [1.807, 2.05) is 25.2 Å². The van der Waals surface area contributed by atoms with Crippen molar-refractivity contribution in [2.75, 3.05) is 5.75 Å². The van der Waals surface area contributed by atoms with Gasteiger partial charge in [0.05, 0.1) is 24.1 Å². The number of aliphatic hydroxyl groups excluding tert-OH is 3. The Labute approximate surface area is 194 Å². The van der Waals surface area contributed by atoms with Gasteiger partial charge in [-0.3, -0.25) is 9.52 Å². The van der Waals surface area contributed by atoms with Crippen molar-refractivity contribution in [3.05, 3.63) is 24.3 Å². The molecular formula is C24H43NO6S. The number of rotatable bonds is 16. The Hall–Kier alpha value is -1.22. The Morgan fingerprint density at radius 1 is 1.06 bits per heavy atom. The molecule has 0 bridgehead atoms. The van der Waals surface area contributed by atoms with E-state index in [0.29, 0.717) is 38.5 Å². The van der Waals surface area contributed by atoms with E-state index in [-0.39, 0.29) is 24.0 Å². The minimum absolute atomic E-state index is 0.0317. The second-order valence-corrected chi connectivity index (χ2v) is 10.7. The van der Waals surface area contributed by atoms with Crippen LogP contribution >= 0.6 is 0 Å². The van der Waals surface area contributed by atoms with Crippen LogP contribution in [0.3, 0.4) is 0 Å². The van der Waals surface area contributed by atoms with Gasteiger partial charge in [-0.2, -0.15) is 0 Å². The molecule has 0 heterocycles. The fraction of sp³-hybridized carbons (Fsp3) is 0.792. The summed E-state index contributed by atoms with van der Waals surface area (Å²) < 4.78 is 25.5. The van der Waals surface area contributed by atoms with E-state index in [1.165, 1.54) is 0 Å². The van der Waals surface area contributed by atoms with Crippen LogP contribution in [0.4, 0.5) is 0 Å². The highest BCUT2D eigenvalue weighted by Crippen LogP contribution is 2.36. The monoisotopic (exact) mass is 473 g/mol. The summed E-state index contributed by atoms with van der Waals surface area (Å²) in [4.78, 5) is 11.8. The number of carbonyl (C=O) groups excluding carboxylic acids is 1. The minimum atomic E-state index is -3.53. The van der Waals surface area contributed by atoms with Crippen LogP contribution in [0.15, 0.2) is 24.3 Å². The fourth-order valence-electron chi connectivity index (χ4n) is 4.02. The quantitative estimate of drug-likeness (QED) is 0.202. The molecule has 0 aromatic heterocycles. The normalized spacial score (nSPS) is 25.0. The summed E-state index contributed by atoms with van der Waals surface area (Å²) in [5.74, 6) is -0.829. The molecule has 1 saturated carbocycles. The number of hydrogen-bond acceptors (Lipinski definition) is 6. The van der Waals surface area contributed by atoms with Gasteiger partial charge < -0.3 is 15.3 Å². The van der Waals surface area contributed by atoms with Crippen molar-refractivity contribution in [1.82, 2.24) is 4.72 Å². The van der Waals surface area contributed by atoms with Gasteiger partial charge in [-0.15, -0.1) is 0 Å². The first-order valence-electron chi connectivity index (χ1n) is 12.1. The van der Waals surface area contributed by atoms with Crippen LogP contribution in [0.5, 0.6) is 0 Å². The van der Waals surface area contributed by atoms with Gasteiger partial charge in [-0.1, -0.05) is 63.8 Å². The summed E-state index contributed by atoms with van der Waals surface area (Å²) >= 11 is 0. The van der Waals surface area contributed by atoms with Crippen LogP contribution in [0.25, 0.3) is 0 Å². The highest BCUT2D eigenvalue weighted by molar-refractivity contribution is 7.90. The van der Waals surface area contributed by atoms with Crippen molar-refractivity contribution in [2.24, 2.45) is 11.8 Å². The highest BCUT2D eigenvalue weighted by atomic mass is 32.2. The number of carbonyl (C=O) groups is 1. The number of sulfonamides is 1. The Morgan fingerprint density at radius 3 is 2.47 bits per heavy atom. The van der Waals surface area contributed by atoms with Gasteiger partial charge >= 0.3 is 0 Å². The molecule has 0 saturated heterocycles. The molecule has 0 aromatic carbocycles. The molecule has 0 spiro atoms. The molecule has 0 aromatic rings. The maximum absolute atomic E-state index is 11.8. The van der Waals surface area contributed by atoms with E-state index in [9.17, 15) is 28.5 Å². The lowest BCUT2D eigenvalue weighted by molar-refractivity contribution is -0.119. The second-order valence-electron chi connectivity index (χ2n) is 8.86. The second kappa shape index (κ2) is 15.6. The van der Waals surface area contributed by atoms with Gasteiger partial charge in [-0.25, -0.2) is 8.42 Å². The highest BCUT2D eigenvalue weighted by Gasteiger charge is 2.39. The molecule has 8 heteroatoms. The number of unbranched alkanes of at least 4 members (excludes halogenated alkanes) is 4. The van der Waals surface area contributed by atoms with E-state index in [1.54, 1.807) is 6.08 Å². The van der Waals surface area contributed by atoms with Crippen molar-refractivity contribution < 1.29 is 28.5 Å². The molecule has 1 fully saturated rings. The zero-order valence-electron chi connectivity index (χ0n) is 19.7. The van der Waals surface area contributed by atoms with Crippen LogP contribution in [0.1, 0.15) is 84.5 Å². The lowest BCUT2D eigenvalue weighted by atomic mass is 9.89. The van der Waals surface area contributed by atoms with Gasteiger partial charge in [0.1, 0.15) is 0 Å². The summed E-state index contributed by atoms with van der Waals surface area (Å²) in [6, 6.07) is 0. The van der Waals surface area contributed by atoms with Gasteiger partial charge in [0, 0.05) is 18.8 Å². The fourth-order valence-corrected chi connectivity index (χ4v) is 5.24. The van der Waals surface area contributed by atoms with Crippen molar-refractivity contribution in [1.29, 1.82) is 0 Å².